The van der Waals surface area contributed by atoms with Gasteiger partial charge in [-0.1, -0.05) is 71.4 Å². The van der Waals surface area contributed by atoms with Crippen molar-refractivity contribution in [3.8, 4) is 0 Å². The molecule has 0 saturated carbocycles. The van der Waals surface area contributed by atoms with E-state index in [9.17, 15) is 28.7 Å². The van der Waals surface area contributed by atoms with Crippen LogP contribution in [0.2, 0.25) is 0 Å². The molecule has 1 aromatic rings. The average Bonchev–Trinajstić information content (AvgIpc) is 3.52. The molecule has 0 aromatic heterocycles. The van der Waals surface area contributed by atoms with E-state index in [4.69, 9.17) is 29.6 Å². The number of benzene rings is 1. The van der Waals surface area contributed by atoms with E-state index < -0.39 is 57.8 Å². The van der Waals surface area contributed by atoms with Crippen molar-refractivity contribution in [2.24, 2.45) is 23.5 Å². The first-order valence-electron chi connectivity index (χ1n) is 16.4. The third kappa shape index (κ3) is 13.7. The van der Waals surface area contributed by atoms with Crippen LogP contribution in [-0.4, -0.2) is 111 Å². The van der Waals surface area contributed by atoms with Gasteiger partial charge in [-0.2, -0.15) is 0 Å². The highest BCUT2D eigenvalue weighted by Gasteiger charge is 2.43. The fourth-order valence-corrected chi connectivity index (χ4v) is 6.96. The highest BCUT2D eigenvalue weighted by Crippen LogP contribution is 2.41. The van der Waals surface area contributed by atoms with Crippen LogP contribution in [0.3, 0.4) is 0 Å². The molecule has 1 fully saturated rings. The van der Waals surface area contributed by atoms with Crippen LogP contribution in [0.4, 0.5) is 0 Å². The van der Waals surface area contributed by atoms with Crippen LogP contribution in [0, 0.1) is 17.8 Å². The summed E-state index contributed by atoms with van der Waals surface area (Å²) in [6.07, 6.45) is 0.739. The molecule has 0 radical (unpaired) electrons. The normalized spacial score (nSPS) is 19.1. The highest BCUT2D eigenvalue weighted by molar-refractivity contribution is 7.52. The van der Waals surface area contributed by atoms with Crippen LogP contribution in [0.15, 0.2) is 30.3 Å². The van der Waals surface area contributed by atoms with Gasteiger partial charge < -0.3 is 40.1 Å². The Morgan fingerprint density at radius 3 is 2.14 bits per heavy atom. The molecule has 15 nitrogen and oxygen atoms in total. The molecule has 1 aliphatic heterocycles. The first kappa shape index (κ1) is 44.7. The number of hydrogen-bond acceptors (Lipinski definition) is 8. The Morgan fingerprint density at radius 1 is 1.10 bits per heavy atom. The quantitative estimate of drug-likeness (QED) is 0.127. The van der Waals surface area contributed by atoms with E-state index >= 15 is 0 Å². The molecule has 3 amide bonds. The summed E-state index contributed by atoms with van der Waals surface area (Å²) in [5.74, 6) is -3.20. The van der Waals surface area contributed by atoms with Gasteiger partial charge in [0.25, 0.3) is 0 Å². The lowest BCUT2D eigenvalue weighted by molar-refractivity contribution is -0.146. The summed E-state index contributed by atoms with van der Waals surface area (Å²) in [6, 6.07) is 7.31. The second kappa shape index (κ2) is 21.1. The van der Waals surface area contributed by atoms with Crippen LogP contribution >= 0.6 is 15.9 Å². The number of rotatable bonds is 17. The molecule has 1 aromatic carbocycles. The summed E-state index contributed by atoms with van der Waals surface area (Å²) in [6.45, 7) is 9.93. The first-order chi connectivity index (χ1) is 22.8. The molecule has 0 aliphatic carbocycles. The molecule has 1 heterocycles. The van der Waals surface area contributed by atoms with E-state index in [1.54, 1.807) is 54.1 Å². The summed E-state index contributed by atoms with van der Waals surface area (Å²) >= 11 is 0. The van der Waals surface area contributed by atoms with Gasteiger partial charge in [0.15, 0.2) is 0 Å². The SMILES string of the molecule is CC[C@H](C)[C@@H]([C@@H](CC(=O)N1CCC[C@H]1[C@H](OC)[C@@H](C)C(=O)NC(Cc1ccccc1)P(=O)(O)O)OC)N(C)C(=O)[C@@H](N)C(C)C.O=[P+](O)O. The Labute approximate surface area is 291 Å². The molecule has 17 heteroatoms. The van der Waals surface area contributed by atoms with Gasteiger partial charge in [0.1, 0.15) is 5.78 Å². The molecule has 0 spiro atoms. The summed E-state index contributed by atoms with van der Waals surface area (Å²) < 4.78 is 32.6. The molecule has 280 valence electrons. The number of amides is 3. The number of nitrogens with two attached hydrogens (primary N) is 1. The Balaban J connectivity index is 0.00000283. The molecule has 49 heavy (non-hydrogen) atoms. The monoisotopic (exact) mass is 735 g/mol. The van der Waals surface area contributed by atoms with Gasteiger partial charge in [-0.05, 0) is 30.2 Å². The van der Waals surface area contributed by atoms with Crippen molar-refractivity contribution in [3.63, 3.8) is 0 Å². The maximum absolute atomic E-state index is 13.9. The van der Waals surface area contributed by atoms with E-state index in [1.165, 1.54) is 14.2 Å². The third-order valence-corrected chi connectivity index (χ3v) is 10.4. The van der Waals surface area contributed by atoms with Gasteiger partial charge >= 0.3 is 15.9 Å². The zero-order valence-corrected chi connectivity index (χ0v) is 31.6. The minimum Gasteiger partial charge on any atom is -0.379 e. The van der Waals surface area contributed by atoms with Crippen LogP contribution in [0.1, 0.15) is 65.9 Å². The minimum atomic E-state index is -4.68. The summed E-state index contributed by atoms with van der Waals surface area (Å²) in [4.78, 5) is 78.0. The first-order valence-corrected chi connectivity index (χ1v) is 19.3. The predicted molar refractivity (Wildman–Crippen MR) is 185 cm³/mol. The average molecular weight is 736 g/mol. The van der Waals surface area contributed by atoms with Crippen molar-refractivity contribution in [2.45, 2.75) is 103 Å². The van der Waals surface area contributed by atoms with Crippen molar-refractivity contribution < 1.29 is 52.6 Å². The minimum absolute atomic E-state index is 0.0188. The maximum Gasteiger partial charge on any atom is 0.692 e. The molecular formula is C32H57N4O11P2+. The number of hydrogen-bond donors (Lipinski definition) is 6. The van der Waals surface area contributed by atoms with Gasteiger partial charge in [0.2, 0.25) is 17.7 Å². The Morgan fingerprint density at radius 2 is 1.67 bits per heavy atom. The molecule has 7 N–H and O–H groups in total. The molecule has 1 unspecified atom stereocenters. The van der Waals surface area contributed by atoms with Crippen LogP contribution in [0.25, 0.3) is 0 Å². The van der Waals surface area contributed by atoms with Crippen molar-refractivity contribution in [2.75, 3.05) is 27.8 Å². The van der Waals surface area contributed by atoms with Gasteiger partial charge in [-0.3, -0.25) is 18.9 Å². The van der Waals surface area contributed by atoms with Crippen LogP contribution < -0.4 is 11.1 Å². The molecule has 1 aliphatic rings. The largest absolute Gasteiger partial charge is 0.692 e. The standard InChI is InChI=1S/C32H55N4O8P.HO3P/c1-9-21(4)29(35(6)32(39)28(33)20(2)3)25(43-7)19-27(37)36-17-13-16-24(36)30(44-8)22(5)31(38)34-26(45(40,41)42)18-23-14-11-10-12-15-23;1-4(2)3/h10-12,14-15,20-22,24-26,28-30H,9,13,16-19,33H2,1-8H3,(H,34,38)(H2,40,41,42);(H-,1,2,3)/p+1/t21-,22+,24-,25+,26?,28-,29-,30+;/m0./s1. The zero-order chi connectivity index (χ0) is 37.6. The van der Waals surface area contributed by atoms with Gasteiger partial charge in [0, 0.05) is 38.8 Å². The van der Waals surface area contributed by atoms with Crippen molar-refractivity contribution >= 4 is 33.6 Å². The number of carbonyl (C=O) groups excluding carboxylic acids is 3. The van der Waals surface area contributed by atoms with Crippen molar-refractivity contribution in [1.29, 1.82) is 0 Å². The van der Waals surface area contributed by atoms with Crippen LogP contribution in [-0.2, 0) is 39.4 Å². The second-order valence-electron chi connectivity index (χ2n) is 12.9. The Kier molecular flexibility index (Phi) is 19.3. The second-order valence-corrected chi connectivity index (χ2v) is 15.2. The highest BCUT2D eigenvalue weighted by atomic mass is 31.2. The van der Waals surface area contributed by atoms with Gasteiger partial charge in [-0.25, -0.2) is 0 Å². The summed E-state index contributed by atoms with van der Waals surface area (Å²) in [7, 11) is -2.84. The van der Waals surface area contributed by atoms with E-state index in [0.29, 0.717) is 24.9 Å². The summed E-state index contributed by atoms with van der Waals surface area (Å²) in [5.41, 5.74) is 6.87. The number of methoxy groups -OCH3 is 2. The van der Waals surface area contributed by atoms with Gasteiger partial charge in [0.05, 0.1) is 42.7 Å². The van der Waals surface area contributed by atoms with E-state index in [-0.39, 0.29) is 42.5 Å². The number of nitrogens with one attached hydrogen (secondary N) is 1. The molecular weight excluding hydrogens is 678 g/mol. The van der Waals surface area contributed by atoms with E-state index in [2.05, 4.69) is 5.32 Å². The topological polar surface area (TPSA) is 229 Å². The number of nitrogens with zero attached hydrogens (tertiary/aromatic N) is 2. The number of carbonyl (C=O) groups is 3. The molecule has 2 rings (SSSR count). The van der Waals surface area contributed by atoms with Crippen molar-refractivity contribution in [1.82, 2.24) is 15.1 Å². The number of likely N-dealkylation sites (tertiary alicyclic amines) is 1. The van der Waals surface area contributed by atoms with Crippen molar-refractivity contribution in [3.05, 3.63) is 35.9 Å². The lowest BCUT2D eigenvalue weighted by Crippen LogP contribution is -2.56. The fourth-order valence-electron chi connectivity index (χ4n) is 6.21. The lowest BCUT2D eigenvalue weighted by atomic mass is 9.89. The molecule has 1 saturated heterocycles. The molecule has 8 atom stereocenters. The van der Waals surface area contributed by atoms with Crippen LogP contribution in [0.5, 0.6) is 0 Å². The Bertz CT molecular complexity index is 1250. The lowest BCUT2D eigenvalue weighted by Gasteiger charge is -2.40. The number of likely N-dealkylation sites (N-methyl/N-ethyl adjacent to an activating group) is 1. The smallest absolute Gasteiger partial charge is 0.379 e. The zero-order valence-electron chi connectivity index (χ0n) is 29.8. The van der Waals surface area contributed by atoms with E-state index in [0.717, 1.165) is 6.42 Å². The predicted octanol–water partition coefficient (Wildman–Crippen LogP) is 2.38. The summed E-state index contributed by atoms with van der Waals surface area (Å²) in [5, 5.41) is 2.55. The maximum atomic E-state index is 13.9. The van der Waals surface area contributed by atoms with E-state index in [1.807, 2.05) is 27.7 Å². The Hall–Kier alpha value is -2.32. The third-order valence-electron chi connectivity index (χ3n) is 9.25. The fraction of sp³-hybridized carbons (Fsp3) is 0.719. The molecule has 0 bridgehead atoms. The van der Waals surface area contributed by atoms with Gasteiger partial charge in [-0.15, -0.1) is 9.79 Å². The number of ether oxygens (including phenoxy) is 2.